The predicted octanol–water partition coefficient (Wildman–Crippen LogP) is 1.77. The molecular formula is C8H8O3S. The van der Waals surface area contributed by atoms with Crippen LogP contribution in [0, 0.1) is 0 Å². The van der Waals surface area contributed by atoms with Crippen LogP contribution in [0.1, 0.15) is 21.7 Å². The molecule has 0 unspecified atom stereocenters. The van der Waals surface area contributed by atoms with Crippen molar-refractivity contribution >= 4 is 17.3 Å². The van der Waals surface area contributed by atoms with Crippen LogP contribution in [-0.4, -0.2) is 17.7 Å². The van der Waals surface area contributed by atoms with Crippen molar-refractivity contribution in [3.63, 3.8) is 0 Å². The van der Waals surface area contributed by atoms with Gasteiger partial charge in [-0.1, -0.05) is 0 Å². The van der Waals surface area contributed by atoms with Crippen LogP contribution in [0.5, 0.6) is 5.75 Å². The molecule has 0 saturated heterocycles. The van der Waals surface area contributed by atoms with Crippen molar-refractivity contribution in [3.8, 4) is 5.75 Å². The van der Waals surface area contributed by atoms with Crippen molar-refractivity contribution in [2.45, 2.75) is 12.8 Å². The van der Waals surface area contributed by atoms with Crippen LogP contribution in [0.2, 0.25) is 0 Å². The zero-order valence-electron chi connectivity index (χ0n) is 6.37. The molecule has 2 rings (SSSR count). The molecule has 12 heavy (non-hydrogen) atoms. The molecule has 0 atom stereocenters. The summed E-state index contributed by atoms with van der Waals surface area (Å²) in [6.07, 6.45) is 1.75. The number of hydrogen-bond acceptors (Lipinski definition) is 3. The maximum Gasteiger partial charge on any atom is 0.346 e. The largest absolute Gasteiger partial charge is 0.492 e. The van der Waals surface area contributed by atoms with Crippen LogP contribution in [0.4, 0.5) is 0 Å². The van der Waals surface area contributed by atoms with Gasteiger partial charge in [-0.3, -0.25) is 0 Å². The van der Waals surface area contributed by atoms with Gasteiger partial charge in [-0.25, -0.2) is 4.79 Å². The summed E-state index contributed by atoms with van der Waals surface area (Å²) in [6, 6.07) is 0. The fourth-order valence-corrected chi connectivity index (χ4v) is 2.22. The zero-order chi connectivity index (χ0) is 8.55. The molecule has 0 fully saturated rings. The number of aromatic carboxylic acids is 1. The highest BCUT2D eigenvalue weighted by atomic mass is 32.1. The molecule has 1 aliphatic rings. The molecule has 1 aromatic rings. The van der Waals surface area contributed by atoms with E-state index in [4.69, 9.17) is 9.84 Å². The van der Waals surface area contributed by atoms with Gasteiger partial charge in [0.2, 0.25) is 0 Å². The van der Waals surface area contributed by atoms with Crippen molar-refractivity contribution in [2.24, 2.45) is 0 Å². The summed E-state index contributed by atoms with van der Waals surface area (Å²) >= 11 is 1.25. The molecule has 0 amide bonds. The highest BCUT2D eigenvalue weighted by molar-refractivity contribution is 7.12. The van der Waals surface area contributed by atoms with Crippen LogP contribution >= 0.6 is 11.3 Å². The molecule has 0 aromatic carbocycles. The van der Waals surface area contributed by atoms with Gasteiger partial charge in [0.1, 0.15) is 10.6 Å². The number of carbonyl (C=O) groups is 1. The SMILES string of the molecule is O=C(O)c1scc2c1CCCO2. The number of rotatable bonds is 1. The van der Waals surface area contributed by atoms with Gasteiger partial charge in [0.15, 0.2) is 0 Å². The molecule has 0 radical (unpaired) electrons. The van der Waals surface area contributed by atoms with Crippen molar-refractivity contribution < 1.29 is 14.6 Å². The molecule has 3 nitrogen and oxygen atoms in total. The van der Waals surface area contributed by atoms with Gasteiger partial charge in [-0.2, -0.15) is 0 Å². The Hall–Kier alpha value is -1.03. The highest BCUT2D eigenvalue weighted by Gasteiger charge is 2.20. The molecule has 2 heterocycles. The van der Waals surface area contributed by atoms with Gasteiger partial charge in [0.25, 0.3) is 0 Å². The van der Waals surface area contributed by atoms with Gasteiger partial charge < -0.3 is 9.84 Å². The fourth-order valence-electron chi connectivity index (χ4n) is 1.34. The van der Waals surface area contributed by atoms with Crippen molar-refractivity contribution in [1.82, 2.24) is 0 Å². The second-order valence-corrected chi connectivity index (χ2v) is 3.54. The van der Waals surface area contributed by atoms with Crippen molar-refractivity contribution in [2.75, 3.05) is 6.61 Å². The Morgan fingerprint density at radius 1 is 1.67 bits per heavy atom. The van der Waals surface area contributed by atoms with Crippen LogP contribution in [0.15, 0.2) is 5.38 Å². The Balaban J connectivity index is 2.44. The average Bonchev–Trinajstić information content (AvgIpc) is 2.47. The first-order valence-electron chi connectivity index (χ1n) is 3.75. The van der Waals surface area contributed by atoms with E-state index in [0.29, 0.717) is 11.5 Å². The first-order chi connectivity index (χ1) is 5.79. The van der Waals surface area contributed by atoms with Crippen LogP contribution in [0.25, 0.3) is 0 Å². The van der Waals surface area contributed by atoms with E-state index in [2.05, 4.69) is 0 Å². The Labute approximate surface area is 73.6 Å². The number of ether oxygens (including phenoxy) is 1. The fraction of sp³-hybridized carbons (Fsp3) is 0.375. The smallest absolute Gasteiger partial charge is 0.346 e. The molecule has 1 aromatic heterocycles. The first kappa shape index (κ1) is 7.61. The minimum absolute atomic E-state index is 0.435. The van der Waals surface area contributed by atoms with Crippen LogP contribution in [-0.2, 0) is 6.42 Å². The lowest BCUT2D eigenvalue weighted by Gasteiger charge is -2.13. The minimum atomic E-state index is -0.841. The third-order valence-corrected chi connectivity index (χ3v) is 2.87. The molecule has 0 saturated carbocycles. The predicted molar refractivity (Wildman–Crippen MR) is 45.1 cm³/mol. The Bertz CT molecular complexity index is 316. The highest BCUT2D eigenvalue weighted by Crippen LogP contribution is 2.33. The number of hydrogen-bond donors (Lipinski definition) is 1. The molecule has 0 bridgehead atoms. The maximum atomic E-state index is 10.7. The summed E-state index contributed by atoms with van der Waals surface area (Å²) in [7, 11) is 0. The Morgan fingerprint density at radius 2 is 2.50 bits per heavy atom. The van der Waals surface area contributed by atoms with E-state index in [1.807, 2.05) is 0 Å². The van der Waals surface area contributed by atoms with Crippen LogP contribution < -0.4 is 4.74 Å². The number of thiophene rings is 1. The van der Waals surface area contributed by atoms with Gasteiger partial charge in [-0.15, -0.1) is 11.3 Å². The van der Waals surface area contributed by atoms with Crippen LogP contribution in [0.3, 0.4) is 0 Å². The van der Waals surface area contributed by atoms with E-state index in [-0.39, 0.29) is 0 Å². The topological polar surface area (TPSA) is 46.5 Å². The third kappa shape index (κ3) is 1.08. The number of fused-ring (bicyclic) bond motifs is 1. The van der Waals surface area contributed by atoms with E-state index in [1.165, 1.54) is 11.3 Å². The van der Waals surface area contributed by atoms with Gasteiger partial charge in [0, 0.05) is 10.9 Å². The molecule has 4 heteroatoms. The summed E-state index contributed by atoms with van der Waals surface area (Å²) in [5.74, 6) is -0.0737. The molecule has 1 aliphatic heterocycles. The monoisotopic (exact) mass is 184 g/mol. The maximum absolute atomic E-state index is 10.7. The second kappa shape index (κ2) is 2.79. The third-order valence-electron chi connectivity index (χ3n) is 1.88. The summed E-state index contributed by atoms with van der Waals surface area (Å²) in [6.45, 7) is 0.711. The summed E-state index contributed by atoms with van der Waals surface area (Å²) in [5.41, 5.74) is 0.874. The van der Waals surface area contributed by atoms with Gasteiger partial charge in [0.05, 0.1) is 6.61 Å². The van der Waals surface area contributed by atoms with Crippen molar-refractivity contribution in [3.05, 3.63) is 15.8 Å². The van der Waals surface area contributed by atoms with E-state index in [0.717, 1.165) is 24.2 Å². The number of carboxylic acids is 1. The standard InChI is InChI=1S/C8H8O3S/c9-8(10)7-5-2-1-3-11-6(5)4-12-7/h4H,1-3H2,(H,9,10). The number of carboxylic acid groups (broad SMARTS) is 1. The summed E-state index contributed by atoms with van der Waals surface area (Å²) in [4.78, 5) is 11.1. The lowest BCUT2D eigenvalue weighted by atomic mass is 10.1. The lowest BCUT2D eigenvalue weighted by Crippen LogP contribution is -2.09. The lowest BCUT2D eigenvalue weighted by molar-refractivity contribution is 0.0700. The summed E-state index contributed by atoms with van der Waals surface area (Å²) < 4.78 is 5.30. The second-order valence-electron chi connectivity index (χ2n) is 2.66. The molecule has 1 N–H and O–H groups in total. The van der Waals surface area contributed by atoms with E-state index < -0.39 is 5.97 Å². The molecule has 64 valence electrons. The van der Waals surface area contributed by atoms with E-state index in [1.54, 1.807) is 5.38 Å². The Morgan fingerprint density at radius 3 is 3.25 bits per heavy atom. The van der Waals surface area contributed by atoms with Gasteiger partial charge in [-0.05, 0) is 12.8 Å². The Kier molecular flexibility index (Phi) is 1.77. The summed E-state index contributed by atoms with van der Waals surface area (Å²) in [5, 5.41) is 10.6. The first-order valence-corrected chi connectivity index (χ1v) is 4.63. The molecule has 0 spiro atoms. The van der Waals surface area contributed by atoms with Crippen molar-refractivity contribution in [1.29, 1.82) is 0 Å². The minimum Gasteiger partial charge on any atom is -0.492 e. The van der Waals surface area contributed by atoms with E-state index >= 15 is 0 Å². The normalized spacial score (nSPS) is 15.0. The van der Waals surface area contributed by atoms with Gasteiger partial charge >= 0.3 is 5.97 Å². The molecule has 0 aliphatic carbocycles. The van der Waals surface area contributed by atoms with E-state index in [9.17, 15) is 4.79 Å². The molecular weight excluding hydrogens is 176 g/mol. The average molecular weight is 184 g/mol. The quantitative estimate of drug-likeness (QED) is 0.723. The zero-order valence-corrected chi connectivity index (χ0v) is 7.19.